The van der Waals surface area contributed by atoms with Crippen molar-refractivity contribution in [2.45, 2.75) is 51.5 Å². The third-order valence-corrected chi connectivity index (χ3v) is 6.28. The predicted molar refractivity (Wildman–Crippen MR) is 74.0 cm³/mol. The van der Waals surface area contributed by atoms with Crippen LogP contribution >= 0.6 is 0 Å². The van der Waals surface area contributed by atoms with Gasteiger partial charge in [0.05, 0.1) is 5.75 Å². The summed E-state index contributed by atoms with van der Waals surface area (Å²) < 4.78 is 26.6. The Morgan fingerprint density at radius 2 is 2.00 bits per heavy atom. The lowest BCUT2D eigenvalue weighted by Crippen LogP contribution is -2.47. The Bertz CT molecular complexity index is 356. The predicted octanol–water partition coefficient (Wildman–Crippen LogP) is 1.58. The number of hydrogen-bond acceptors (Lipinski definition) is 3. The molecule has 0 aromatic rings. The van der Waals surface area contributed by atoms with Crippen molar-refractivity contribution in [3.8, 4) is 0 Å². The highest BCUT2D eigenvalue weighted by Crippen LogP contribution is 2.38. The Morgan fingerprint density at radius 1 is 1.22 bits per heavy atom. The summed E-state index contributed by atoms with van der Waals surface area (Å²) in [5.41, 5.74) is 0. The quantitative estimate of drug-likeness (QED) is 0.748. The fourth-order valence-corrected chi connectivity index (χ4v) is 5.27. The van der Waals surface area contributed by atoms with E-state index < -0.39 is 10.0 Å². The number of sulfonamides is 1. The minimum Gasteiger partial charge on any atom is -0.317 e. The molecular formula is C13H26N2O2S. The second-order valence-electron chi connectivity index (χ2n) is 5.53. The summed E-state index contributed by atoms with van der Waals surface area (Å²) in [5.74, 6) is 0.950. The van der Waals surface area contributed by atoms with Gasteiger partial charge in [-0.15, -0.1) is 0 Å². The summed E-state index contributed by atoms with van der Waals surface area (Å²) in [6, 6.07) is 0.322. The monoisotopic (exact) mass is 274 g/mol. The first-order valence-corrected chi connectivity index (χ1v) is 8.96. The van der Waals surface area contributed by atoms with Crippen LogP contribution in [0, 0.1) is 5.92 Å². The molecule has 1 aliphatic heterocycles. The van der Waals surface area contributed by atoms with Gasteiger partial charge in [-0.2, -0.15) is 4.31 Å². The normalized spacial score (nSPS) is 29.4. The standard InChI is InChI=1S/C13H26N2O2S/c1-2-14-9-5-11-18(16,17)15-10-4-7-12-6-3-8-13(12)15/h12-14H,2-11H2,1H3. The van der Waals surface area contributed by atoms with Gasteiger partial charge in [-0.05, 0) is 51.1 Å². The molecule has 1 saturated heterocycles. The number of nitrogens with one attached hydrogen (secondary N) is 1. The summed E-state index contributed by atoms with van der Waals surface area (Å²) in [5, 5.41) is 3.19. The van der Waals surface area contributed by atoms with E-state index in [1.54, 1.807) is 0 Å². The first-order valence-electron chi connectivity index (χ1n) is 7.35. The molecule has 0 spiro atoms. The van der Waals surface area contributed by atoms with Gasteiger partial charge in [0, 0.05) is 12.6 Å². The van der Waals surface area contributed by atoms with Crippen LogP contribution in [0.15, 0.2) is 0 Å². The van der Waals surface area contributed by atoms with Crippen molar-refractivity contribution in [3.05, 3.63) is 0 Å². The smallest absolute Gasteiger partial charge is 0.214 e. The fraction of sp³-hybridized carbons (Fsp3) is 1.00. The second-order valence-corrected chi connectivity index (χ2v) is 7.58. The van der Waals surface area contributed by atoms with E-state index in [2.05, 4.69) is 5.32 Å². The Balaban J connectivity index is 1.91. The van der Waals surface area contributed by atoms with E-state index in [4.69, 9.17) is 0 Å². The Hall–Kier alpha value is -0.130. The van der Waals surface area contributed by atoms with Crippen molar-refractivity contribution >= 4 is 10.0 Å². The third kappa shape index (κ3) is 3.25. The maximum absolute atomic E-state index is 12.4. The van der Waals surface area contributed by atoms with Crippen LogP contribution in [0.5, 0.6) is 0 Å². The molecule has 2 rings (SSSR count). The first kappa shape index (κ1) is 14.3. The molecule has 1 heterocycles. The van der Waals surface area contributed by atoms with Gasteiger partial charge < -0.3 is 5.32 Å². The van der Waals surface area contributed by atoms with Gasteiger partial charge >= 0.3 is 0 Å². The molecule has 1 saturated carbocycles. The van der Waals surface area contributed by atoms with E-state index >= 15 is 0 Å². The second kappa shape index (κ2) is 6.35. The molecular weight excluding hydrogens is 248 g/mol. The van der Waals surface area contributed by atoms with Crippen LogP contribution in [0.1, 0.15) is 45.4 Å². The van der Waals surface area contributed by atoms with Crippen LogP contribution in [-0.2, 0) is 10.0 Å². The summed E-state index contributed by atoms with van der Waals surface area (Å²) in [6.07, 6.45) is 6.52. The highest BCUT2D eigenvalue weighted by atomic mass is 32.2. The number of piperidine rings is 1. The highest BCUT2D eigenvalue weighted by Gasteiger charge is 2.40. The Morgan fingerprint density at radius 3 is 2.78 bits per heavy atom. The molecule has 2 fully saturated rings. The van der Waals surface area contributed by atoms with Gasteiger partial charge in [0.15, 0.2) is 0 Å². The SMILES string of the molecule is CCNCCCS(=O)(=O)N1CCCC2CCCC21. The van der Waals surface area contributed by atoms with Gasteiger partial charge in [-0.3, -0.25) is 0 Å². The van der Waals surface area contributed by atoms with Crippen molar-refractivity contribution in [3.63, 3.8) is 0 Å². The van der Waals surface area contributed by atoms with Crippen LogP contribution in [-0.4, -0.2) is 44.2 Å². The molecule has 4 nitrogen and oxygen atoms in total. The Labute approximate surface area is 111 Å². The molecule has 106 valence electrons. The highest BCUT2D eigenvalue weighted by molar-refractivity contribution is 7.89. The van der Waals surface area contributed by atoms with Gasteiger partial charge in [0.25, 0.3) is 0 Å². The molecule has 2 aliphatic rings. The van der Waals surface area contributed by atoms with E-state index in [0.29, 0.717) is 17.7 Å². The maximum atomic E-state index is 12.4. The molecule has 2 unspecified atom stereocenters. The van der Waals surface area contributed by atoms with Crippen LogP contribution in [0.4, 0.5) is 0 Å². The average molecular weight is 274 g/mol. The number of rotatable bonds is 6. The average Bonchev–Trinajstić information content (AvgIpc) is 2.82. The molecule has 0 aromatic heterocycles. The zero-order valence-electron chi connectivity index (χ0n) is 11.4. The fourth-order valence-electron chi connectivity index (χ4n) is 3.43. The van der Waals surface area contributed by atoms with E-state index in [9.17, 15) is 8.42 Å². The lowest BCUT2D eigenvalue weighted by atomic mass is 9.94. The zero-order chi connectivity index (χ0) is 13.0. The van der Waals surface area contributed by atoms with Crippen molar-refractivity contribution in [2.24, 2.45) is 5.92 Å². The van der Waals surface area contributed by atoms with Gasteiger partial charge in [0.2, 0.25) is 10.0 Å². The summed E-state index contributed by atoms with van der Waals surface area (Å²) in [7, 11) is -3.02. The van der Waals surface area contributed by atoms with Crippen molar-refractivity contribution < 1.29 is 8.42 Å². The van der Waals surface area contributed by atoms with E-state index in [1.165, 1.54) is 19.3 Å². The minimum atomic E-state index is -3.02. The summed E-state index contributed by atoms with van der Waals surface area (Å²) >= 11 is 0. The zero-order valence-corrected chi connectivity index (χ0v) is 12.2. The number of hydrogen-bond donors (Lipinski definition) is 1. The lowest BCUT2D eigenvalue weighted by Gasteiger charge is -2.36. The minimum absolute atomic E-state index is 0.309. The molecule has 0 amide bonds. The molecule has 0 aromatic carbocycles. The maximum Gasteiger partial charge on any atom is 0.214 e. The van der Waals surface area contributed by atoms with Crippen molar-refractivity contribution in [2.75, 3.05) is 25.4 Å². The van der Waals surface area contributed by atoms with Crippen molar-refractivity contribution in [1.82, 2.24) is 9.62 Å². The molecule has 5 heteroatoms. The van der Waals surface area contributed by atoms with Crippen LogP contribution < -0.4 is 5.32 Å². The molecule has 18 heavy (non-hydrogen) atoms. The summed E-state index contributed by atoms with van der Waals surface area (Å²) in [6.45, 7) is 4.51. The van der Waals surface area contributed by atoms with Gasteiger partial charge in [-0.25, -0.2) is 8.42 Å². The lowest BCUT2D eigenvalue weighted by molar-refractivity contribution is 0.202. The van der Waals surface area contributed by atoms with Gasteiger partial charge in [0.1, 0.15) is 0 Å². The number of fused-ring (bicyclic) bond motifs is 1. The van der Waals surface area contributed by atoms with Crippen LogP contribution in [0.25, 0.3) is 0 Å². The molecule has 0 bridgehead atoms. The van der Waals surface area contributed by atoms with Crippen LogP contribution in [0.3, 0.4) is 0 Å². The van der Waals surface area contributed by atoms with E-state index in [1.807, 2.05) is 11.2 Å². The summed E-state index contributed by atoms with van der Waals surface area (Å²) in [4.78, 5) is 0. The number of nitrogens with zero attached hydrogens (tertiary/aromatic N) is 1. The Kier molecular flexibility index (Phi) is 5.04. The molecule has 1 N–H and O–H groups in total. The molecule has 2 atom stereocenters. The molecule has 0 radical (unpaired) electrons. The third-order valence-electron chi connectivity index (χ3n) is 4.31. The molecule has 1 aliphatic carbocycles. The topological polar surface area (TPSA) is 49.4 Å². The van der Waals surface area contributed by atoms with E-state index in [-0.39, 0.29) is 0 Å². The van der Waals surface area contributed by atoms with E-state index in [0.717, 1.165) is 38.9 Å². The van der Waals surface area contributed by atoms with Gasteiger partial charge in [-0.1, -0.05) is 13.3 Å². The largest absolute Gasteiger partial charge is 0.317 e. The van der Waals surface area contributed by atoms with Crippen molar-refractivity contribution in [1.29, 1.82) is 0 Å². The first-order chi connectivity index (χ1) is 8.65. The van der Waals surface area contributed by atoms with Crippen LogP contribution in [0.2, 0.25) is 0 Å².